The van der Waals surface area contributed by atoms with Crippen molar-refractivity contribution in [1.29, 1.82) is 0 Å². The molecule has 1 spiro atoms. The number of ether oxygens (including phenoxy) is 1. The van der Waals surface area contributed by atoms with Crippen molar-refractivity contribution in [3.63, 3.8) is 0 Å². The summed E-state index contributed by atoms with van der Waals surface area (Å²) < 4.78 is 7.56. The van der Waals surface area contributed by atoms with Gasteiger partial charge in [0, 0.05) is 23.6 Å². The Morgan fingerprint density at radius 1 is 1.44 bits per heavy atom. The number of nitrogens with zero attached hydrogens (tertiary/aromatic N) is 3. The van der Waals surface area contributed by atoms with E-state index in [4.69, 9.17) is 4.74 Å². The van der Waals surface area contributed by atoms with E-state index in [9.17, 15) is 4.79 Å². The largest absolute Gasteiger partial charge is 0.378 e. The summed E-state index contributed by atoms with van der Waals surface area (Å²) >= 11 is 0. The third-order valence-electron chi connectivity index (χ3n) is 5.88. The van der Waals surface area contributed by atoms with E-state index in [1.165, 1.54) is 12.7 Å². The van der Waals surface area contributed by atoms with Crippen LogP contribution < -0.4 is 5.32 Å². The normalized spacial score (nSPS) is 23.8. The highest BCUT2D eigenvalue weighted by Crippen LogP contribution is 2.57. The Labute approximate surface area is 147 Å². The number of carbonyl (C=O) groups excluding carboxylic acids is 1. The van der Waals surface area contributed by atoms with E-state index in [1.807, 2.05) is 32.0 Å². The Balaban J connectivity index is 1.47. The highest BCUT2D eigenvalue weighted by atomic mass is 16.5. The number of aromatic nitrogens is 3. The maximum Gasteiger partial charge on any atom is 0.251 e. The second-order valence-corrected chi connectivity index (χ2v) is 7.13. The molecule has 2 unspecified atom stereocenters. The first-order valence-electron chi connectivity index (χ1n) is 9.02. The second kappa shape index (κ2) is 6.26. The molecule has 2 saturated carbocycles. The quantitative estimate of drug-likeness (QED) is 0.908. The Hall–Kier alpha value is -2.21. The van der Waals surface area contributed by atoms with Crippen LogP contribution in [0.5, 0.6) is 0 Å². The molecule has 6 nitrogen and oxygen atoms in total. The van der Waals surface area contributed by atoms with Crippen LogP contribution in [0.3, 0.4) is 0 Å². The van der Waals surface area contributed by atoms with Gasteiger partial charge in [-0.25, -0.2) is 9.67 Å². The summed E-state index contributed by atoms with van der Waals surface area (Å²) in [6.07, 6.45) is 7.94. The zero-order chi connectivity index (χ0) is 17.4. The molecule has 1 N–H and O–H groups in total. The smallest absolute Gasteiger partial charge is 0.251 e. The number of rotatable bonds is 5. The number of carbonyl (C=O) groups is 1. The van der Waals surface area contributed by atoms with E-state index in [-0.39, 0.29) is 17.4 Å². The molecule has 1 aromatic heterocycles. The number of nitrogens with one attached hydrogen (secondary N) is 1. The molecule has 2 aliphatic carbocycles. The molecule has 1 heterocycles. The van der Waals surface area contributed by atoms with Crippen LogP contribution in [0.1, 0.15) is 48.5 Å². The molecular weight excluding hydrogens is 316 g/mol. The molecule has 1 amide bonds. The van der Waals surface area contributed by atoms with Gasteiger partial charge in [0.15, 0.2) is 0 Å². The Morgan fingerprint density at radius 2 is 2.28 bits per heavy atom. The minimum absolute atomic E-state index is 0.00821. The molecule has 1 aromatic carbocycles. The van der Waals surface area contributed by atoms with E-state index >= 15 is 0 Å². The Kier molecular flexibility index (Phi) is 4.07. The molecule has 0 saturated heterocycles. The summed E-state index contributed by atoms with van der Waals surface area (Å²) in [6, 6.07) is 5.97. The van der Waals surface area contributed by atoms with Crippen LogP contribution >= 0.6 is 0 Å². The van der Waals surface area contributed by atoms with Gasteiger partial charge in [0.25, 0.3) is 5.91 Å². The monoisotopic (exact) mass is 340 g/mol. The predicted molar refractivity (Wildman–Crippen MR) is 93.7 cm³/mol. The average Bonchev–Trinajstić information content (AvgIpc) is 3.06. The SMILES string of the molecule is CCOC1CC(NC(=O)c2ccc(-n3cncn3)cc2C)C12CCC2. The molecule has 0 aliphatic heterocycles. The van der Waals surface area contributed by atoms with E-state index in [0.717, 1.165) is 42.7 Å². The van der Waals surface area contributed by atoms with Gasteiger partial charge in [-0.15, -0.1) is 0 Å². The number of aryl methyl sites for hydroxylation is 1. The van der Waals surface area contributed by atoms with Crippen LogP contribution in [0.25, 0.3) is 5.69 Å². The first-order valence-corrected chi connectivity index (χ1v) is 9.02. The fraction of sp³-hybridized carbons (Fsp3) is 0.526. The summed E-state index contributed by atoms with van der Waals surface area (Å²) in [6.45, 7) is 4.74. The zero-order valence-corrected chi connectivity index (χ0v) is 14.7. The van der Waals surface area contributed by atoms with Gasteiger partial charge in [0.05, 0.1) is 11.8 Å². The van der Waals surface area contributed by atoms with Crippen molar-refractivity contribution in [2.45, 2.75) is 51.7 Å². The molecule has 6 heteroatoms. The van der Waals surface area contributed by atoms with E-state index in [2.05, 4.69) is 15.4 Å². The summed E-state index contributed by atoms with van der Waals surface area (Å²) in [5.41, 5.74) is 2.74. The van der Waals surface area contributed by atoms with E-state index < -0.39 is 0 Å². The molecule has 2 aromatic rings. The molecule has 2 fully saturated rings. The van der Waals surface area contributed by atoms with Crippen molar-refractivity contribution in [3.8, 4) is 5.69 Å². The lowest BCUT2D eigenvalue weighted by Gasteiger charge is -2.61. The minimum Gasteiger partial charge on any atom is -0.378 e. The van der Waals surface area contributed by atoms with Gasteiger partial charge < -0.3 is 10.1 Å². The molecular formula is C19H24N4O2. The van der Waals surface area contributed by atoms with Gasteiger partial charge in [-0.05, 0) is 56.9 Å². The number of benzene rings is 1. The van der Waals surface area contributed by atoms with Gasteiger partial charge in [0.2, 0.25) is 0 Å². The van der Waals surface area contributed by atoms with Crippen LogP contribution in [-0.4, -0.2) is 39.4 Å². The fourth-order valence-electron chi connectivity index (χ4n) is 4.26. The topological polar surface area (TPSA) is 69.0 Å². The van der Waals surface area contributed by atoms with Crippen molar-refractivity contribution in [1.82, 2.24) is 20.1 Å². The van der Waals surface area contributed by atoms with Gasteiger partial charge in [-0.2, -0.15) is 5.10 Å². The zero-order valence-electron chi connectivity index (χ0n) is 14.7. The average molecular weight is 340 g/mol. The van der Waals surface area contributed by atoms with Crippen molar-refractivity contribution < 1.29 is 9.53 Å². The van der Waals surface area contributed by atoms with E-state index in [1.54, 1.807) is 11.0 Å². The van der Waals surface area contributed by atoms with Crippen LogP contribution in [0.15, 0.2) is 30.9 Å². The third-order valence-corrected chi connectivity index (χ3v) is 5.88. The number of amides is 1. The standard InChI is InChI=1S/C19H24N4O2/c1-3-25-17-10-16(19(17)7-4-8-19)22-18(24)15-6-5-14(9-13(15)2)23-12-20-11-21-23/h5-6,9,11-12,16-17H,3-4,7-8,10H2,1-2H3,(H,22,24). The highest BCUT2D eigenvalue weighted by Gasteiger charge is 2.59. The van der Waals surface area contributed by atoms with E-state index in [0.29, 0.717) is 6.10 Å². The number of hydrogen-bond acceptors (Lipinski definition) is 4. The van der Waals surface area contributed by atoms with Crippen LogP contribution in [0.2, 0.25) is 0 Å². The molecule has 4 rings (SSSR count). The summed E-state index contributed by atoms with van der Waals surface area (Å²) in [7, 11) is 0. The predicted octanol–water partition coefficient (Wildman–Crippen LogP) is 2.65. The lowest BCUT2D eigenvalue weighted by Crippen LogP contribution is -2.67. The number of hydrogen-bond donors (Lipinski definition) is 1. The molecule has 0 bridgehead atoms. The van der Waals surface area contributed by atoms with Crippen molar-refractivity contribution in [2.24, 2.45) is 5.41 Å². The third kappa shape index (κ3) is 2.65. The van der Waals surface area contributed by atoms with Gasteiger partial charge in [0.1, 0.15) is 12.7 Å². The molecule has 2 atom stereocenters. The summed E-state index contributed by atoms with van der Waals surface area (Å²) in [4.78, 5) is 16.7. The first-order chi connectivity index (χ1) is 12.1. The minimum atomic E-state index is 0.00821. The van der Waals surface area contributed by atoms with Crippen LogP contribution in [0.4, 0.5) is 0 Å². The molecule has 0 radical (unpaired) electrons. The van der Waals surface area contributed by atoms with Crippen molar-refractivity contribution >= 4 is 5.91 Å². The highest BCUT2D eigenvalue weighted by molar-refractivity contribution is 5.96. The molecule has 132 valence electrons. The maximum absolute atomic E-state index is 12.8. The first kappa shape index (κ1) is 16.3. The lowest BCUT2D eigenvalue weighted by molar-refractivity contribution is -0.169. The molecule has 25 heavy (non-hydrogen) atoms. The summed E-state index contributed by atoms with van der Waals surface area (Å²) in [5, 5.41) is 7.38. The second-order valence-electron chi connectivity index (χ2n) is 7.13. The van der Waals surface area contributed by atoms with Gasteiger partial charge in [-0.3, -0.25) is 4.79 Å². The van der Waals surface area contributed by atoms with Crippen LogP contribution in [0, 0.1) is 12.3 Å². The van der Waals surface area contributed by atoms with Gasteiger partial charge in [-0.1, -0.05) is 6.42 Å². The Bertz CT molecular complexity index is 768. The van der Waals surface area contributed by atoms with Crippen molar-refractivity contribution in [2.75, 3.05) is 6.61 Å². The van der Waals surface area contributed by atoms with Gasteiger partial charge >= 0.3 is 0 Å². The summed E-state index contributed by atoms with van der Waals surface area (Å²) in [5.74, 6) is 0.00821. The Morgan fingerprint density at radius 3 is 2.88 bits per heavy atom. The molecule has 2 aliphatic rings. The van der Waals surface area contributed by atoms with Crippen LogP contribution in [-0.2, 0) is 4.74 Å². The lowest BCUT2D eigenvalue weighted by atomic mass is 9.51. The fourth-order valence-corrected chi connectivity index (χ4v) is 4.26. The maximum atomic E-state index is 12.8. The van der Waals surface area contributed by atoms with Crippen molar-refractivity contribution in [3.05, 3.63) is 42.0 Å².